The standard InChI is InChI=1S/C42H26O5/c43-39-36(25-18-17-23-9-1-2-10-24(23)21-25)40(44)42(46)38(41(39)45)37-31-14-5-3-12-29(31)35(30-13-4-6-15-32(30)37)26-19-20-28-27-11-7-8-16-33(27)47-34(28)22-26/h1-22,43-46H. The van der Waals surface area contributed by atoms with Gasteiger partial charge in [-0.25, -0.2) is 0 Å². The van der Waals surface area contributed by atoms with Crippen molar-refractivity contribution in [3.8, 4) is 56.4 Å². The molecule has 0 atom stereocenters. The second-order valence-electron chi connectivity index (χ2n) is 11.9. The Balaban J connectivity index is 1.33. The molecule has 0 bridgehead atoms. The second kappa shape index (κ2) is 10.0. The van der Waals surface area contributed by atoms with Crippen LogP contribution in [0.1, 0.15) is 0 Å². The van der Waals surface area contributed by atoms with E-state index in [0.717, 1.165) is 65.4 Å². The van der Waals surface area contributed by atoms with Crippen LogP contribution in [0.4, 0.5) is 0 Å². The fourth-order valence-electron chi connectivity index (χ4n) is 7.14. The Morgan fingerprint density at radius 3 is 1.45 bits per heavy atom. The number of aromatic hydroxyl groups is 4. The molecular formula is C42H26O5. The Kier molecular flexibility index (Phi) is 5.74. The molecule has 0 saturated carbocycles. The average molecular weight is 611 g/mol. The summed E-state index contributed by atoms with van der Waals surface area (Å²) in [6, 6.07) is 42.8. The quantitative estimate of drug-likeness (QED) is 0.0907. The molecule has 0 spiro atoms. The molecule has 0 aliphatic heterocycles. The lowest BCUT2D eigenvalue weighted by atomic mass is 9.84. The van der Waals surface area contributed by atoms with E-state index in [1.165, 1.54) is 0 Å². The van der Waals surface area contributed by atoms with Crippen molar-refractivity contribution in [3.05, 3.63) is 133 Å². The molecule has 224 valence electrons. The van der Waals surface area contributed by atoms with Gasteiger partial charge in [0.1, 0.15) is 11.2 Å². The Morgan fingerprint density at radius 1 is 0.319 bits per heavy atom. The highest BCUT2D eigenvalue weighted by atomic mass is 16.3. The maximum atomic E-state index is 11.7. The van der Waals surface area contributed by atoms with E-state index in [1.807, 2.05) is 103 Å². The molecule has 9 rings (SSSR count). The fourth-order valence-corrected chi connectivity index (χ4v) is 7.14. The van der Waals surface area contributed by atoms with Crippen molar-refractivity contribution in [2.75, 3.05) is 0 Å². The minimum atomic E-state index is -0.518. The first kappa shape index (κ1) is 26.9. The summed E-state index contributed by atoms with van der Waals surface area (Å²) in [4.78, 5) is 0. The first-order valence-electron chi connectivity index (χ1n) is 15.3. The SMILES string of the molecule is Oc1c(O)c(-c2c3ccccc3c(-c3ccc4c(c3)oc3ccccc34)c3ccccc23)c(O)c(O)c1-c1ccc2ccccc2c1. The molecule has 1 aromatic heterocycles. The molecule has 4 N–H and O–H groups in total. The first-order chi connectivity index (χ1) is 23.0. The highest BCUT2D eigenvalue weighted by Gasteiger charge is 2.29. The van der Waals surface area contributed by atoms with Gasteiger partial charge in [-0.1, -0.05) is 109 Å². The van der Waals surface area contributed by atoms with Gasteiger partial charge in [0.05, 0.1) is 11.1 Å². The first-order valence-corrected chi connectivity index (χ1v) is 15.3. The Bertz CT molecular complexity index is 2650. The van der Waals surface area contributed by atoms with E-state index < -0.39 is 23.0 Å². The van der Waals surface area contributed by atoms with Gasteiger partial charge >= 0.3 is 0 Å². The van der Waals surface area contributed by atoms with Crippen LogP contribution in [0.15, 0.2) is 138 Å². The van der Waals surface area contributed by atoms with Gasteiger partial charge in [0, 0.05) is 16.3 Å². The van der Waals surface area contributed by atoms with E-state index in [0.29, 0.717) is 11.1 Å². The van der Waals surface area contributed by atoms with Crippen LogP contribution in [0.2, 0.25) is 0 Å². The van der Waals surface area contributed by atoms with Gasteiger partial charge in [0.2, 0.25) is 0 Å². The van der Waals surface area contributed by atoms with Crippen LogP contribution in [0, 0.1) is 0 Å². The zero-order chi connectivity index (χ0) is 31.8. The zero-order valence-corrected chi connectivity index (χ0v) is 24.9. The number of hydrogen-bond donors (Lipinski definition) is 4. The summed E-state index contributed by atoms with van der Waals surface area (Å²) in [6.45, 7) is 0. The van der Waals surface area contributed by atoms with Crippen LogP contribution < -0.4 is 0 Å². The third-order valence-corrected chi connectivity index (χ3v) is 9.28. The molecule has 0 saturated heterocycles. The van der Waals surface area contributed by atoms with Crippen LogP contribution in [0.5, 0.6) is 23.0 Å². The van der Waals surface area contributed by atoms with Crippen LogP contribution in [0.25, 0.3) is 87.6 Å². The van der Waals surface area contributed by atoms with Crippen molar-refractivity contribution in [2.45, 2.75) is 0 Å². The van der Waals surface area contributed by atoms with E-state index in [-0.39, 0.29) is 11.1 Å². The topological polar surface area (TPSA) is 94.1 Å². The van der Waals surface area contributed by atoms with E-state index in [9.17, 15) is 20.4 Å². The largest absolute Gasteiger partial charge is 0.504 e. The van der Waals surface area contributed by atoms with E-state index in [4.69, 9.17) is 4.42 Å². The summed E-state index contributed by atoms with van der Waals surface area (Å²) in [6.07, 6.45) is 0. The van der Waals surface area contributed by atoms with Gasteiger partial charge in [0.25, 0.3) is 0 Å². The molecule has 0 aliphatic carbocycles. The van der Waals surface area contributed by atoms with Crippen LogP contribution in [-0.4, -0.2) is 20.4 Å². The van der Waals surface area contributed by atoms with E-state index in [1.54, 1.807) is 12.1 Å². The highest BCUT2D eigenvalue weighted by molar-refractivity contribution is 6.23. The third kappa shape index (κ3) is 3.90. The molecule has 5 heteroatoms. The monoisotopic (exact) mass is 610 g/mol. The van der Waals surface area contributed by atoms with Gasteiger partial charge in [-0.3, -0.25) is 0 Å². The molecule has 0 amide bonds. The third-order valence-electron chi connectivity index (χ3n) is 9.28. The number of phenols is 4. The van der Waals surface area contributed by atoms with Crippen LogP contribution >= 0.6 is 0 Å². The maximum absolute atomic E-state index is 11.7. The maximum Gasteiger partial charge on any atom is 0.170 e. The second-order valence-corrected chi connectivity index (χ2v) is 11.9. The van der Waals surface area contributed by atoms with Crippen molar-refractivity contribution < 1.29 is 24.8 Å². The lowest BCUT2D eigenvalue weighted by Crippen LogP contribution is -1.93. The normalized spacial score (nSPS) is 11.7. The Labute approximate surface area is 268 Å². The van der Waals surface area contributed by atoms with Gasteiger partial charge in [-0.05, 0) is 73.3 Å². The predicted octanol–water partition coefficient (Wildman–Crippen LogP) is 10.9. The number of para-hydroxylation sites is 1. The highest BCUT2D eigenvalue weighted by Crippen LogP contribution is 2.58. The number of benzene rings is 8. The molecule has 0 unspecified atom stereocenters. The van der Waals surface area contributed by atoms with Gasteiger partial charge in [0.15, 0.2) is 23.0 Å². The molecule has 0 fully saturated rings. The Morgan fingerprint density at radius 2 is 0.787 bits per heavy atom. The fraction of sp³-hybridized carbons (Fsp3) is 0. The predicted molar refractivity (Wildman–Crippen MR) is 189 cm³/mol. The molecule has 0 radical (unpaired) electrons. The zero-order valence-electron chi connectivity index (χ0n) is 24.9. The minimum Gasteiger partial charge on any atom is -0.504 e. The van der Waals surface area contributed by atoms with E-state index >= 15 is 0 Å². The van der Waals surface area contributed by atoms with E-state index in [2.05, 4.69) is 18.2 Å². The summed E-state index contributed by atoms with van der Waals surface area (Å²) in [5, 5.41) is 53.4. The summed E-state index contributed by atoms with van der Waals surface area (Å²) >= 11 is 0. The number of fused-ring (bicyclic) bond motifs is 6. The van der Waals surface area contributed by atoms with Crippen LogP contribution in [-0.2, 0) is 0 Å². The number of phenolic OH excluding ortho intramolecular Hbond substituents is 4. The average Bonchev–Trinajstić information content (AvgIpc) is 3.48. The van der Waals surface area contributed by atoms with Crippen molar-refractivity contribution >= 4 is 54.3 Å². The molecule has 47 heavy (non-hydrogen) atoms. The molecule has 5 nitrogen and oxygen atoms in total. The summed E-state index contributed by atoms with van der Waals surface area (Å²) in [7, 11) is 0. The molecular weight excluding hydrogens is 584 g/mol. The van der Waals surface area contributed by atoms with Crippen LogP contribution in [0.3, 0.4) is 0 Å². The number of hydrogen-bond acceptors (Lipinski definition) is 5. The molecule has 8 aromatic carbocycles. The number of rotatable bonds is 3. The minimum absolute atomic E-state index is 0.0427. The summed E-state index contributed by atoms with van der Waals surface area (Å²) < 4.78 is 6.24. The van der Waals surface area contributed by atoms with Crippen molar-refractivity contribution in [2.24, 2.45) is 0 Å². The molecule has 1 heterocycles. The molecule has 9 aromatic rings. The summed E-state index contributed by atoms with van der Waals surface area (Å²) in [5.41, 5.74) is 4.37. The van der Waals surface area contributed by atoms with Gasteiger partial charge in [-0.15, -0.1) is 0 Å². The van der Waals surface area contributed by atoms with Crippen molar-refractivity contribution in [1.82, 2.24) is 0 Å². The van der Waals surface area contributed by atoms with Crippen molar-refractivity contribution in [1.29, 1.82) is 0 Å². The van der Waals surface area contributed by atoms with Crippen molar-refractivity contribution in [3.63, 3.8) is 0 Å². The number of furan rings is 1. The van der Waals surface area contributed by atoms with Gasteiger partial charge < -0.3 is 24.8 Å². The molecule has 0 aliphatic rings. The lowest BCUT2D eigenvalue weighted by Gasteiger charge is -2.21. The Hall–Kier alpha value is -6.46. The lowest BCUT2D eigenvalue weighted by molar-refractivity contribution is 0.378. The smallest absolute Gasteiger partial charge is 0.170 e. The van der Waals surface area contributed by atoms with Gasteiger partial charge in [-0.2, -0.15) is 0 Å². The summed E-state index contributed by atoms with van der Waals surface area (Å²) in [5.74, 6) is -2.07.